The van der Waals surface area contributed by atoms with Gasteiger partial charge in [0.1, 0.15) is 5.82 Å². The van der Waals surface area contributed by atoms with Crippen molar-refractivity contribution in [2.24, 2.45) is 0 Å². The molecular formula is C13H14FNO. The number of halogens is 1. The molecule has 0 aliphatic heterocycles. The second-order valence-electron chi connectivity index (χ2n) is 3.75. The van der Waals surface area contributed by atoms with Crippen molar-refractivity contribution in [1.82, 2.24) is 5.32 Å². The molecule has 3 heteroatoms. The van der Waals surface area contributed by atoms with Crippen LogP contribution in [-0.4, -0.2) is 11.9 Å². The minimum absolute atomic E-state index is 0.109. The van der Waals surface area contributed by atoms with Gasteiger partial charge in [0.25, 0.3) is 5.91 Å². The molecule has 2 nitrogen and oxygen atoms in total. The van der Waals surface area contributed by atoms with Gasteiger partial charge in [0.15, 0.2) is 0 Å². The Labute approximate surface area is 94.9 Å². The van der Waals surface area contributed by atoms with Crippen molar-refractivity contribution in [2.75, 3.05) is 0 Å². The zero-order chi connectivity index (χ0) is 12.1. The summed E-state index contributed by atoms with van der Waals surface area (Å²) in [5.41, 5.74) is 0.834. The van der Waals surface area contributed by atoms with Crippen molar-refractivity contribution in [3.05, 3.63) is 35.1 Å². The summed E-state index contributed by atoms with van der Waals surface area (Å²) in [5, 5.41) is 2.70. The fraction of sp³-hybridized carbons (Fsp3) is 0.308. The summed E-state index contributed by atoms with van der Waals surface area (Å²) in [4.78, 5) is 11.6. The lowest BCUT2D eigenvalue weighted by Gasteiger charge is -2.11. The van der Waals surface area contributed by atoms with Gasteiger partial charge >= 0.3 is 0 Å². The molecule has 1 rings (SSSR count). The molecule has 84 valence electrons. The Kier molecular flexibility index (Phi) is 4.07. The number of aryl methyl sites for hydroxylation is 1. The molecule has 1 unspecified atom stereocenters. The van der Waals surface area contributed by atoms with Crippen LogP contribution in [0.25, 0.3) is 0 Å². The van der Waals surface area contributed by atoms with Crippen LogP contribution in [0, 0.1) is 25.1 Å². The zero-order valence-electron chi connectivity index (χ0n) is 9.38. The maximum Gasteiger partial charge on any atom is 0.251 e. The van der Waals surface area contributed by atoms with Crippen molar-refractivity contribution >= 4 is 5.91 Å². The van der Waals surface area contributed by atoms with E-state index < -0.39 is 0 Å². The minimum Gasteiger partial charge on any atom is -0.349 e. The first-order chi connectivity index (χ1) is 7.54. The van der Waals surface area contributed by atoms with E-state index in [0.29, 0.717) is 17.5 Å². The van der Waals surface area contributed by atoms with Gasteiger partial charge in [-0.15, -0.1) is 12.3 Å². The van der Waals surface area contributed by atoms with Crippen LogP contribution in [0.5, 0.6) is 0 Å². The molecule has 1 aromatic rings. The van der Waals surface area contributed by atoms with E-state index >= 15 is 0 Å². The van der Waals surface area contributed by atoms with Crippen molar-refractivity contribution in [2.45, 2.75) is 26.3 Å². The van der Waals surface area contributed by atoms with Crippen molar-refractivity contribution in [1.29, 1.82) is 0 Å². The number of hydrogen-bond donors (Lipinski definition) is 1. The van der Waals surface area contributed by atoms with Crippen molar-refractivity contribution in [3.8, 4) is 12.3 Å². The van der Waals surface area contributed by atoms with E-state index in [1.54, 1.807) is 19.1 Å². The first-order valence-corrected chi connectivity index (χ1v) is 5.05. The average Bonchev–Trinajstić information content (AvgIpc) is 2.22. The van der Waals surface area contributed by atoms with Gasteiger partial charge in [0, 0.05) is 18.0 Å². The second-order valence-corrected chi connectivity index (χ2v) is 3.75. The first kappa shape index (κ1) is 12.3. The summed E-state index contributed by atoms with van der Waals surface area (Å²) in [6.45, 7) is 3.46. The van der Waals surface area contributed by atoms with Gasteiger partial charge in [0.05, 0.1) is 0 Å². The number of nitrogens with one attached hydrogen (secondary N) is 1. The third kappa shape index (κ3) is 3.09. The normalized spacial score (nSPS) is 11.6. The van der Waals surface area contributed by atoms with Gasteiger partial charge < -0.3 is 5.32 Å². The van der Waals surface area contributed by atoms with E-state index in [4.69, 9.17) is 6.42 Å². The topological polar surface area (TPSA) is 29.1 Å². The summed E-state index contributed by atoms with van der Waals surface area (Å²) in [5.74, 6) is 1.77. The molecule has 1 atom stereocenters. The molecule has 1 N–H and O–H groups in total. The van der Waals surface area contributed by atoms with E-state index in [0.717, 1.165) is 0 Å². The summed E-state index contributed by atoms with van der Waals surface area (Å²) in [6, 6.07) is 4.29. The lowest BCUT2D eigenvalue weighted by atomic mass is 10.1. The Balaban J connectivity index is 2.74. The highest BCUT2D eigenvalue weighted by Crippen LogP contribution is 2.09. The number of rotatable bonds is 3. The molecule has 0 saturated carbocycles. The van der Waals surface area contributed by atoms with Crippen molar-refractivity contribution in [3.63, 3.8) is 0 Å². The van der Waals surface area contributed by atoms with E-state index in [-0.39, 0.29) is 17.8 Å². The predicted octanol–water partition coefficient (Wildman–Crippen LogP) is 2.28. The molecule has 0 fully saturated rings. The quantitative estimate of drug-likeness (QED) is 0.776. The van der Waals surface area contributed by atoms with Gasteiger partial charge in [-0.3, -0.25) is 4.79 Å². The minimum atomic E-state index is -0.378. The van der Waals surface area contributed by atoms with Gasteiger partial charge in [0.2, 0.25) is 0 Å². The van der Waals surface area contributed by atoms with Gasteiger partial charge in [-0.2, -0.15) is 0 Å². The smallest absolute Gasteiger partial charge is 0.251 e. The Morgan fingerprint density at radius 1 is 1.62 bits per heavy atom. The lowest BCUT2D eigenvalue weighted by Crippen LogP contribution is -2.32. The molecule has 0 bridgehead atoms. The molecule has 0 aliphatic rings. The van der Waals surface area contributed by atoms with Crippen LogP contribution in [0.15, 0.2) is 18.2 Å². The monoisotopic (exact) mass is 219 g/mol. The molecule has 1 amide bonds. The molecule has 16 heavy (non-hydrogen) atoms. The van der Waals surface area contributed by atoms with E-state index in [9.17, 15) is 9.18 Å². The van der Waals surface area contributed by atoms with Crippen LogP contribution in [0.3, 0.4) is 0 Å². The molecule has 0 aliphatic carbocycles. The molecule has 1 aromatic carbocycles. The second kappa shape index (κ2) is 5.32. The van der Waals surface area contributed by atoms with Gasteiger partial charge in [-0.25, -0.2) is 4.39 Å². The van der Waals surface area contributed by atoms with Crippen LogP contribution >= 0.6 is 0 Å². The maximum atomic E-state index is 13.2. The third-order valence-corrected chi connectivity index (χ3v) is 2.24. The molecule has 0 spiro atoms. The Hall–Kier alpha value is -1.82. The summed E-state index contributed by atoms with van der Waals surface area (Å²) < 4.78 is 13.2. The molecule has 0 heterocycles. The SMILES string of the molecule is C#CCC(C)NC(=O)c1ccc(C)c(F)c1. The summed E-state index contributed by atoms with van der Waals surface area (Å²) in [6.07, 6.45) is 5.58. The Morgan fingerprint density at radius 2 is 2.31 bits per heavy atom. The Morgan fingerprint density at radius 3 is 2.88 bits per heavy atom. The number of terminal acetylenes is 1. The number of carbonyl (C=O) groups is 1. The largest absolute Gasteiger partial charge is 0.349 e. The number of carbonyl (C=O) groups excluding carboxylic acids is 1. The molecular weight excluding hydrogens is 205 g/mol. The van der Waals surface area contributed by atoms with Crippen LogP contribution in [0.2, 0.25) is 0 Å². The highest BCUT2D eigenvalue weighted by molar-refractivity contribution is 5.94. The fourth-order valence-electron chi connectivity index (χ4n) is 1.27. The van der Waals surface area contributed by atoms with Crippen molar-refractivity contribution < 1.29 is 9.18 Å². The highest BCUT2D eigenvalue weighted by Gasteiger charge is 2.10. The van der Waals surface area contributed by atoms with E-state index in [1.807, 2.05) is 6.92 Å². The number of hydrogen-bond acceptors (Lipinski definition) is 1. The number of amides is 1. The van der Waals surface area contributed by atoms with Crippen LogP contribution in [-0.2, 0) is 0 Å². The standard InChI is InChI=1S/C13H14FNO/c1-4-5-10(3)15-13(16)11-7-6-9(2)12(14)8-11/h1,6-8,10H,5H2,2-3H3,(H,15,16). The highest BCUT2D eigenvalue weighted by atomic mass is 19.1. The molecule has 0 aromatic heterocycles. The molecule has 0 radical (unpaired) electrons. The maximum absolute atomic E-state index is 13.2. The van der Waals surface area contributed by atoms with Gasteiger partial charge in [-0.1, -0.05) is 6.07 Å². The lowest BCUT2D eigenvalue weighted by molar-refractivity contribution is 0.0940. The van der Waals surface area contributed by atoms with Crippen LogP contribution < -0.4 is 5.32 Å². The number of benzene rings is 1. The average molecular weight is 219 g/mol. The third-order valence-electron chi connectivity index (χ3n) is 2.24. The Bertz CT molecular complexity index is 434. The first-order valence-electron chi connectivity index (χ1n) is 5.05. The zero-order valence-corrected chi connectivity index (χ0v) is 9.38. The fourth-order valence-corrected chi connectivity index (χ4v) is 1.27. The van der Waals surface area contributed by atoms with Crippen LogP contribution in [0.4, 0.5) is 4.39 Å². The van der Waals surface area contributed by atoms with E-state index in [2.05, 4.69) is 11.2 Å². The predicted molar refractivity (Wildman–Crippen MR) is 61.5 cm³/mol. The van der Waals surface area contributed by atoms with Gasteiger partial charge in [-0.05, 0) is 31.5 Å². The van der Waals surface area contributed by atoms with Crippen LogP contribution in [0.1, 0.15) is 29.3 Å². The van der Waals surface area contributed by atoms with E-state index in [1.165, 1.54) is 6.07 Å². The summed E-state index contributed by atoms with van der Waals surface area (Å²) in [7, 11) is 0. The summed E-state index contributed by atoms with van der Waals surface area (Å²) >= 11 is 0. The molecule has 0 saturated heterocycles.